The Labute approximate surface area is 119 Å². The fraction of sp³-hybridized carbons (Fsp3) is 0.643. The molecule has 0 spiro atoms. The molecule has 1 fully saturated rings. The van der Waals surface area contributed by atoms with Crippen LogP contribution in [0.25, 0.3) is 0 Å². The monoisotopic (exact) mass is 281 g/mol. The molecule has 0 amide bonds. The Kier molecular flexibility index (Phi) is 6.20. The lowest BCUT2D eigenvalue weighted by molar-refractivity contribution is 0.00331. The summed E-state index contributed by atoms with van der Waals surface area (Å²) in [5.74, 6) is 0.971. The fourth-order valence-corrected chi connectivity index (χ4v) is 2.27. The first kappa shape index (κ1) is 15.2. The minimum Gasteiger partial charge on any atom is -0.394 e. The van der Waals surface area contributed by atoms with Crippen molar-refractivity contribution in [1.82, 2.24) is 10.3 Å². The Morgan fingerprint density at radius 2 is 2.50 bits per heavy atom. The van der Waals surface area contributed by atoms with Crippen molar-refractivity contribution in [2.75, 3.05) is 51.5 Å². The van der Waals surface area contributed by atoms with Crippen LogP contribution in [-0.2, 0) is 16.0 Å². The van der Waals surface area contributed by atoms with E-state index in [-0.39, 0.29) is 12.7 Å². The normalized spacial score (nSPS) is 19.3. The number of hydrogen-bond acceptors (Lipinski definition) is 6. The van der Waals surface area contributed by atoms with Gasteiger partial charge in [0.1, 0.15) is 5.82 Å². The molecule has 1 saturated heterocycles. The Morgan fingerprint density at radius 3 is 3.30 bits per heavy atom. The molecular formula is C14H23N3O3. The number of pyridine rings is 1. The zero-order valence-corrected chi connectivity index (χ0v) is 11.9. The van der Waals surface area contributed by atoms with Gasteiger partial charge in [0.05, 0.1) is 25.9 Å². The smallest absolute Gasteiger partial charge is 0.133 e. The van der Waals surface area contributed by atoms with Crippen molar-refractivity contribution < 1.29 is 14.6 Å². The SMILES string of the molecule is COCCNCc1cccnc1N1CCOC(CO)C1. The number of aliphatic hydroxyl groups excluding tert-OH is 1. The van der Waals surface area contributed by atoms with Gasteiger partial charge in [0.25, 0.3) is 0 Å². The maximum atomic E-state index is 9.23. The number of aromatic nitrogens is 1. The maximum Gasteiger partial charge on any atom is 0.133 e. The first-order valence-electron chi connectivity index (χ1n) is 6.96. The van der Waals surface area contributed by atoms with Crippen LogP contribution >= 0.6 is 0 Å². The topological polar surface area (TPSA) is 66.9 Å². The molecule has 20 heavy (non-hydrogen) atoms. The zero-order valence-electron chi connectivity index (χ0n) is 11.9. The summed E-state index contributed by atoms with van der Waals surface area (Å²) >= 11 is 0. The highest BCUT2D eigenvalue weighted by molar-refractivity contribution is 5.47. The van der Waals surface area contributed by atoms with Crippen LogP contribution in [0.1, 0.15) is 5.56 Å². The Hall–Kier alpha value is -1.21. The molecule has 2 rings (SSSR count). The lowest BCUT2D eigenvalue weighted by Gasteiger charge is -2.34. The van der Waals surface area contributed by atoms with Gasteiger partial charge < -0.3 is 24.8 Å². The Bertz CT molecular complexity index is 403. The number of nitrogens with zero attached hydrogens (tertiary/aromatic N) is 2. The molecular weight excluding hydrogens is 258 g/mol. The van der Waals surface area contributed by atoms with E-state index in [9.17, 15) is 5.11 Å². The van der Waals surface area contributed by atoms with E-state index < -0.39 is 0 Å². The van der Waals surface area contributed by atoms with Gasteiger partial charge in [-0.1, -0.05) is 6.07 Å². The molecule has 1 unspecified atom stereocenters. The third kappa shape index (κ3) is 4.14. The number of anilines is 1. The molecule has 1 aromatic rings. The Morgan fingerprint density at radius 1 is 1.60 bits per heavy atom. The Balaban J connectivity index is 1.99. The molecule has 2 N–H and O–H groups in total. The third-order valence-electron chi connectivity index (χ3n) is 3.31. The lowest BCUT2D eigenvalue weighted by Crippen LogP contribution is -2.45. The highest BCUT2D eigenvalue weighted by Crippen LogP contribution is 2.19. The molecule has 1 atom stereocenters. The van der Waals surface area contributed by atoms with Crippen molar-refractivity contribution in [1.29, 1.82) is 0 Å². The van der Waals surface area contributed by atoms with Crippen molar-refractivity contribution in [2.45, 2.75) is 12.6 Å². The van der Waals surface area contributed by atoms with Gasteiger partial charge in [0.15, 0.2) is 0 Å². The van der Waals surface area contributed by atoms with E-state index in [1.807, 2.05) is 6.07 Å². The van der Waals surface area contributed by atoms with E-state index in [0.29, 0.717) is 19.8 Å². The standard InChI is InChI=1S/C14H23N3O3/c1-19-7-5-15-9-12-3-2-4-16-14(12)17-6-8-20-13(10-17)11-18/h2-4,13,15,18H,5-11H2,1H3. The summed E-state index contributed by atoms with van der Waals surface area (Å²) in [5.41, 5.74) is 1.15. The van der Waals surface area contributed by atoms with E-state index in [1.54, 1.807) is 13.3 Å². The predicted molar refractivity (Wildman–Crippen MR) is 76.9 cm³/mol. The van der Waals surface area contributed by atoms with Crippen LogP contribution in [-0.4, -0.2) is 62.8 Å². The highest BCUT2D eigenvalue weighted by Gasteiger charge is 2.22. The number of methoxy groups -OCH3 is 1. The van der Waals surface area contributed by atoms with Gasteiger partial charge in [0.2, 0.25) is 0 Å². The minimum atomic E-state index is -0.125. The molecule has 1 aromatic heterocycles. The number of nitrogens with one attached hydrogen (secondary N) is 1. The second-order valence-electron chi connectivity index (χ2n) is 4.78. The van der Waals surface area contributed by atoms with Crippen LogP contribution < -0.4 is 10.2 Å². The van der Waals surface area contributed by atoms with E-state index in [0.717, 1.165) is 31.0 Å². The van der Waals surface area contributed by atoms with Crippen molar-refractivity contribution in [3.05, 3.63) is 23.9 Å². The summed E-state index contributed by atoms with van der Waals surface area (Å²) in [7, 11) is 1.69. The number of aliphatic hydroxyl groups is 1. The summed E-state index contributed by atoms with van der Waals surface area (Å²) in [6.45, 7) is 4.42. The average molecular weight is 281 g/mol. The van der Waals surface area contributed by atoms with Crippen LogP contribution in [0.2, 0.25) is 0 Å². The highest BCUT2D eigenvalue weighted by atomic mass is 16.5. The molecule has 0 aliphatic carbocycles. The quantitative estimate of drug-likeness (QED) is 0.687. The van der Waals surface area contributed by atoms with Gasteiger partial charge in [-0.05, 0) is 6.07 Å². The molecule has 1 aliphatic heterocycles. The summed E-state index contributed by atoms with van der Waals surface area (Å²) in [4.78, 5) is 6.67. The number of morpholine rings is 1. The van der Waals surface area contributed by atoms with Crippen molar-refractivity contribution in [3.8, 4) is 0 Å². The largest absolute Gasteiger partial charge is 0.394 e. The molecule has 6 nitrogen and oxygen atoms in total. The average Bonchev–Trinajstić information content (AvgIpc) is 2.52. The second kappa shape index (κ2) is 8.16. The first-order chi connectivity index (χ1) is 9.85. The molecule has 112 valence electrons. The second-order valence-corrected chi connectivity index (χ2v) is 4.78. The number of rotatable bonds is 7. The van der Waals surface area contributed by atoms with Gasteiger partial charge in [-0.25, -0.2) is 4.98 Å². The summed E-state index contributed by atoms with van der Waals surface area (Å²) in [6.07, 6.45) is 1.68. The van der Waals surface area contributed by atoms with E-state index >= 15 is 0 Å². The number of ether oxygens (including phenoxy) is 2. The van der Waals surface area contributed by atoms with E-state index in [2.05, 4.69) is 21.3 Å². The van der Waals surface area contributed by atoms with Gasteiger partial charge in [-0.3, -0.25) is 0 Å². The molecule has 0 bridgehead atoms. The number of hydrogen-bond donors (Lipinski definition) is 2. The maximum absolute atomic E-state index is 9.23. The van der Waals surface area contributed by atoms with Crippen LogP contribution in [0.3, 0.4) is 0 Å². The molecule has 0 radical (unpaired) electrons. The van der Waals surface area contributed by atoms with Crippen LogP contribution in [0.15, 0.2) is 18.3 Å². The fourth-order valence-electron chi connectivity index (χ4n) is 2.27. The molecule has 2 heterocycles. The molecule has 1 aliphatic rings. The van der Waals surface area contributed by atoms with Crippen molar-refractivity contribution in [3.63, 3.8) is 0 Å². The van der Waals surface area contributed by atoms with Crippen LogP contribution in [0.5, 0.6) is 0 Å². The van der Waals surface area contributed by atoms with Gasteiger partial charge in [-0.2, -0.15) is 0 Å². The zero-order chi connectivity index (χ0) is 14.2. The van der Waals surface area contributed by atoms with Crippen molar-refractivity contribution >= 4 is 5.82 Å². The van der Waals surface area contributed by atoms with Crippen LogP contribution in [0, 0.1) is 0 Å². The summed E-state index contributed by atoms with van der Waals surface area (Å²) in [6, 6.07) is 4.02. The van der Waals surface area contributed by atoms with Crippen molar-refractivity contribution in [2.24, 2.45) is 0 Å². The minimum absolute atomic E-state index is 0.0464. The van der Waals surface area contributed by atoms with E-state index in [4.69, 9.17) is 9.47 Å². The predicted octanol–water partition coefficient (Wildman–Crippen LogP) is 0.0151. The van der Waals surface area contributed by atoms with Gasteiger partial charge in [-0.15, -0.1) is 0 Å². The first-order valence-corrected chi connectivity index (χ1v) is 6.96. The molecule has 6 heteroatoms. The summed E-state index contributed by atoms with van der Waals surface area (Å²) in [5, 5.41) is 12.6. The van der Waals surface area contributed by atoms with Gasteiger partial charge in [0, 0.05) is 45.0 Å². The molecule has 0 aromatic carbocycles. The third-order valence-corrected chi connectivity index (χ3v) is 3.31. The lowest BCUT2D eigenvalue weighted by atomic mass is 10.2. The molecule has 0 saturated carbocycles. The van der Waals surface area contributed by atoms with Crippen LogP contribution in [0.4, 0.5) is 5.82 Å². The van der Waals surface area contributed by atoms with Gasteiger partial charge >= 0.3 is 0 Å². The summed E-state index contributed by atoms with van der Waals surface area (Å²) < 4.78 is 10.5. The van der Waals surface area contributed by atoms with E-state index in [1.165, 1.54) is 0 Å².